The lowest BCUT2D eigenvalue weighted by molar-refractivity contribution is -0.124. The van der Waals surface area contributed by atoms with Crippen molar-refractivity contribution in [3.05, 3.63) is 60.0 Å². The van der Waals surface area contributed by atoms with E-state index in [4.69, 9.17) is 10.2 Å². The summed E-state index contributed by atoms with van der Waals surface area (Å²) in [5.74, 6) is -1.57. The van der Waals surface area contributed by atoms with E-state index in [1.165, 1.54) is 6.42 Å². The maximum Gasteiger partial charge on any atom is 0.264 e. The van der Waals surface area contributed by atoms with Crippen LogP contribution in [0.15, 0.2) is 52.9 Å². The monoisotopic (exact) mass is 458 g/mol. The van der Waals surface area contributed by atoms with Gasteiger partial charge in [-0.05, 0) is 43.0 Å². The molecule has 0 radical (unpaired) electrons. The molecule has 1 unspecified atom stereocenters. The van der Waals surface area contributed by atoms with Crippen LogP contribution in [0.2, 0.25) is 0 Å². The summed E-state index contributed by atoms with van der Waals surface area (Å²) in [5.41, 5.74) is 6.70. The Morgan fingerprint density at radius 3 is 2.56 bits per heavy atom. The topological polar surface area (TPSA) is 122 Å². The van der Waals surface area contributed by atoms with Crippen LogP contribution in [0.5, 0.6) is 0 Å². The third-order valence-electron chi connectivity index (χ3n) is 7.00. The summed E-state index contributed by atoms with van der Waals surface area (Å²) in [5, 5.41) is 12.9. The Labute approximate surface area is 199 Å². The zero-order valence-electron chi connectivity index (χ0n) is 19.4. The fourth-order valence-corrected chi connectivity index (χ4v) is 5.28. The van der Waals surface area contributed by atoms with E-state index >= 15 is 0 Å². The van der Waals surface area contributed by atoms with Crippen molar-refractivity contribution in [3.63, 3.8) is 0 Å². The van der Waals surface area contributed by atoms with Crippen LogP contribution in [-0.2, 0) is 4.79 Å². The van der Waals surface area contributed by atoms with Crippen molar-refractivity contribution < 1.29 is 14.0 Å². The molecule has 2 aromatic carbocycles. The Bertz CT molecular complexity index is 1190. The lowest BCUT2D eigenvalue weighted by Gasteiger charge is -2.41. The standard InChI is InChI=1S/C27H30N4O3/c1-2-20(24(32)25-30-22-14-8-9-15-23(22)34-25)27(26(29)33,16-18-10-4-3-5-11-18)31-21-13-7-6-12-19(21)17-28/h6-9,12-15,18,20,31H,2-5,10-11,16H2,1H3,(H2,29,33)/t20-,27?/m1/s1. The Morgan fingerprint density at radius 1 is 1.18 bits per heavy atom. The number of nitrogens with zero attached hydrogens (tertiary/aromatic N) is 2. The van der Waals surface area contributed by atoms with Gasteiger partial charge < -0.3 is 15.5 Å². The first-order valence-corrected chi connectivity index (χ1v) is 12.0. The highest BCUT2D eigenvalue weighted by Crippen LogP contribution is 2.39. The fraction of sp³-hybridized carbons (Fsp3) is 0.407. The Kier molecular flexibility index (Phi) is 6.97. The molecule has 1 aliphatic carbocycles. The first kappa shape index (κ1) is 23.5. The molecule has 1 amide bonds. The number of nitrogens with one attached hydrogen (secondary N) is 1. The van der Waals surface area contributed by atoms with Gasteiger partial charge in [0, 0.05) is 0 Å². The number of para-hydroxylation sites is 3. The number of primary amides is 1. The van der Waals surface area contributed by atoms with Crippen LogP contribution in [0.1, 0.15) is 68.1 Å². The summed E-state index contributed by atoms with van der Waals surface area (Å²) in [4.78, 5) is 31.5. The number of hydrogen-bond acceptors (Lipinski definition) is 6. The second kappa shape index (κ2) is 10.1. The number of fused-ring (bicyclic) bond motifs is 1. The molecule has 1 aliphatic rings. The average Bonchev–Trinajstić information content (AvgIpc) is 3.29. The zero-order valence-corrected chi connectivity index (χ0v) is 19.4. The predicted molar refractivity (Wildman–Crippen MR) is 130 cm³/mol. The second-order valence-electron chi connectivity index (χ2n) is 9.14. The summed E-state index contributed by atoms with van der Waals surface area (Å²) in [6, 6.07) is 16.3. The summed E-state index contributed by atoms with van der Waals surface area (Å²) < 4.78 is 5.78. The summed E-state index contributed by atoms with van der Waals surface area (Å²) in [7, 11) is 0. The van der Waals surface area contributed by atoms with Gasteiger partial charge in [-0.25, -0.2) is 4.98 Å². The van der Waals surface area contributed by atoms with Crippen LogP contribution in [0, 0.1) is 23.2 Å². The molecule has 0 spiro atoms. The van der Waals surface area contributed by atoms with Crippen molar-refractivity contribution in [1.29, 1.82) is 5.26 Å². The van der Waals surface area contributed by atoms with Gasteiger partial charge in [0.2, 0.25) is 11.7 Å². The number of nitriles is 1. The number of ketones is 1. The minimum Gasteiger partial charge on any atom is -0.434 e. The van der Waals surface area contributed by atoms with Gasteiger partial charge in [0.1, 0.15) is 17.1 Å². The average molecular weight is 459 g/mol. The number of anilines is 1. The normalized spacial score (nSPS) is 16.9. The molecule has 1 heterocycles. The molecule has 176 valence electrons. The van der Waals surface area contributed by atoms with E-state index in [1.54, 1.807) is 36.4 Å². The van der Waals surface area contributed by atoms with Gasteiger partial charge in [0.15, 0.2) is 5.58 Å². The number of nitrogens with two attached hydrogens (primary N) is 1. The Morgan fingerprint density at radius 2 is 1.88 bits per heavy atom. The van der Waals surface area contributed by atoms with E-state index in [-0.39, 0.29) is 17.6 Å². The van der Waals surface area contributed by atoms with Gasteiger partial charge >= 0.3 is 0 Å². The molecule has 34 heavy (non-hydrogen) atoms. The maximum atomic E-state index is 13.8. The van der Waals surface area contributed by atoms with Gasteiger partial charge in [-0.2, -0.15) is 5.26 Å². The lowest BCUT2D eigenvalue weighted by atomic mass is 9.70. The number of aromatic nitrogens is 1. The highest BCUT2D eigenvalue weighted by atomic mass is 16.4. The van der Waals surface area contributed by atoms with Crippen LogP contribution in [0.25, 0.3) is 11.1 Å². The van der Waals surface area contributed by atoms with Gasteiger partial charge in [-0.1, -0.05) is 63.3 Å². The number of amides is 1. The van der Waals surface area contributed by atoms with Gasteiger partial charge in [-0.3, -0.25) is 9.59 Å². The number of oxazole rings is 1. The van der Waals surface area contributed by atoms with E-state index in [1.807, 2.05) is 19.1 Å². The third kappa shape index (κ3) is 4.54. The van der Waals surface area contributed by atoms with Gasteiger partial charge in [0.25, 0.3) is 5.89 Å². The highest BCUT2D eigenvalue weighted by molar-refractivity contribution is 6.02. The maximum absolute atomic E-state index is 13.8. The molecular formula is C27H30N4O3. The molecule has 0 saturated heterocycles. The summed E-state index contributed by atoms with van der Waals surface area (Å²) in [6.07, 6.45) is 6.06. The Balaban J connectivity index is 1.79. The van der Waals surface area contributed by atoms with Crippen molar-refractivity contribution in [1.82, 2.24) is 4.98 Å². The van der Waals surface area contributed by atoms with Crippen molar-refractivity contribution >= 4 is 28.5 Å². The first-order valence-electron chi connectivity index (χ1n) is 12.0. The first-order chi connectivity index (χ1) is 16.5. The number of Topliss-reactive ketones (excluding diaryl/α,β-unsaturated/α-hetero) is 1. The van der Waals surface area contributed by atoms with Crippen LogP contribution < -0.4 is 11.1 Å². The van der Waals surface area contributed by atoms with E-state index in [9.17, 15) is 14.9 Å². The van der Waals surface area contributed by atoms with Crippen LogP contribution in [0.4, 0.5) is 5.69 Å². The minimum atomic E-state index is -1.39. The number of hydrogen-bond donors (Lipinski definition) is 2. The zero-order chi connectivity index (χ0) is 24.1. The predicted octanol–water partition coefficient (Wildman–Crippen LogP) is 5.21. The number of benzene rings is 2. The minimum absolute atomic E-state index is 0.0299. The van der Waals surface area contributed by atoms with E-state index in [0.29, 0.717) is 35.2 Å². The third-order valence-corrected chi connectivity index (χ3v) is 7.00. The highest BCUT2D eigenvalue weighted by Gasteiger charge is 2.50. The van der Waals surface area contributed by atoms with E-state index in [2.05, 4.69) is 16.4 Å². The van der Waals surface area contributed by atoms with Crippen LogP contribution >= 0.6 is 0 Å². The molecule has 7 nitrogen and oxygen atoms in total. The molecule has 1 fully saturated rings. The molecule has 3 N–H and O–H groups in total. The molecule has 1 aromatic heterocycles. The van der Waals surface area contributed by atoms with E-state index < -0.39 is 17.4 Å². The van der Waals surface area contributed by atoms with Crippen LogP contribution in [0.3, 0.4) is 0 Å². The van der Waals surface area contributed by atoms with E-state index in [0.717, 1.165) is 25.7 Å². The van der Waals surface area contributed by atoms with Gasteiger partial charge in [0.05, 0.1) is 17.2 Å². The summed E-state index contributed by atoms with van der Waals surface area (Å²) in [6.45, 7) is 1.86. The molecule has 3 aromatic rings. The smallest absolute Gasteiger partial charge is 0.264 e. The molecule has 1 saturated carbocycles. The van der Waals surface area contributed by atoms with Gasteiger partial charge in [-0.15, -0.1) is 0 Å². The van der Waals surface area contributed by atoms with Crippen molar-refractivity contribution in [2.75, 3.05) is 5.32 Å². The van der Waals surface area contributed by atoms with Crippen molar-refractivity contribution in [2.45, 2.75) is 57.4 Å². The fourth-order valence-electron chi connectivity index (χ4n) is 5.28. The largest absolute Gasteiger partial charge is 0.434 e. The summed E-state index contributed by atoms with van der Waals surface area (Å²) >= 11 is 0. The number of rotatable bonds is 9. The molecule has 4 rings (SSSR count). The van der Waals surface area contributed by atoms with Crippen LogP contribution in [-0.4, -0.2) is 22.2 Å². The van der Waals surface area contributed by atoms with Crippen molar-refractivity contribution in [2.24, 2.45) is 17.6 Å². The molecule has 2 atom stereocenters. The molecular weight excluding hydrogens is 428 g/mol. The lowest BCUT2D eigenvalue weighted by Crippen LogP contribution is -2.59. The number of carbonyl (C=O) groups is 2. The molecule has 0 aliphatic heterocycles. The molecule has 0 bridgehead atoms. The second-order valence-corrected chi connectivity index (χ2v) is 9.14. The molecule has 7 heteroatoms. The quantitative estimate of drug-likeness (QED) is 0.424. The number of carbonyl (C=O) groups excluding carboxylic acids is 2. The SMILES string of the molecule is CC[C@H](C(=O)c1nc2ccccc2o1)C(CC1CCCCC1)(Nc1ccccc1C#N)C(N)=O. The van der Waals surface area contributed by atoms with Crippen molar-refractivity contribution in [3.8, 4) is 6.07 Å². The Hall–Kier alpha value is -3.66.